The highest BCUT2D eigenvalue weighted by molar-refractivity contribution is 7.88. The summed E-state index contributed by atoms with van der Waals surface area (Å²) in [6.45, 7) is 6.45. The number of aryl methyl sites for hydroxylation is 1. The van der Waals surface area contributed by atoms with Crippen molar-refractivity contribution in [3.05, 3.63) is 23.8 Å². The van der Waals surface area contributed by atoms with Gasteiger partial charge in [0.1, 0.15) is 5.78 Å². The quantitative estimate of drug-likeness (QED) is 0.507. The maximum Gasteiger partial charge on any atom is 0.412 e. The molecule has 0 aromatic heterocycles. The van der Waals surface area contributed by atoms with Gasteiger partial charge >= 0.3 is 6.09 Å². The van der Waals surface area contributed by atoms with Crippen LogP contribution in [0.25, 0.3) is 0 Å². The van der Waals surface area contributed by atoms with Gasteiger partial charge in [0.2, 0.25) is 10.0 Å². The lowest BCUT2D eigenvalue weighted by Crippen LogP contribution is -2.41. The number of carbonyl (C=O) groups is 3. The van der Waals surface area contributed by atoms with Crippen LogP contribution in [-0.4, -0.2) is 58.6 Å². The maximum absolute atomic E-state index is 12.5. The Hall–Kier alpha value is -2.46. The normalized spacial score (nSPS) is 18.8. The Morgan fingerprint density at radius 3 is 2.56 bits per heavy atom. The Kier molecular flexibility index (Phi) is 8.80. The van der Waals surface area contributed by atoms with Crippen molar-refractivity contribution in [3.8, 4) is 0 Å². The summed E-state index contributed by atoms with van der Waals surface area (Å²) in [7, 11) is -3.25. The van der Waals surface area contributed by atoms with Crippen LogP contribution in [0.2, 0.25) is 0 Å². The fourth-order valence-electron chi connectivity index (χ4n) is 3.73. The predicted octanol–water partition coefficient (Wildman–Crippen LogP) is 2.64. The third-order valence-electron chi connectivity index (χ3n) is 5.84. The van der Waals surface area contributed by atoms with E-state index in [1.807, 2.05) is 30.9 Å². The van der Waals surface area contributed by atoms with E-state index in [1.54, 1.807) is 13.0 Å². The lowest BCUT2D eigenvalue weighted by atomic mass is 9.72. The number of Topliss-reactive ketones (excluding diaryl/α,β-unsaturated/α-hetero) is 2. The molecule has 10 heteroatoms. The summed E-state index contributed by atoms with van der Waals surface area (Å²) in [5.41, 5.74) is 1.15. The molecule has 1 aromatic carbocycles. The van der Waals surface area contributed by atoms with Crippen LogP contribution in [0.15, 0.2) is 18.2 Å². The molecule has 9 nitrogen and oxygen atoms in total. The van der Waals surface area contributed by atoms with Gasteiger partial charge < -0.3 is 9.64 Å². The van der Waals surface area contributed by atoms with E-state index < -0.39 is 28.1 Å². The van der Waals surface area contributed by atoms with Crippen molar-refractivity contribution in [2.45, 2.75) is 46.5 Å². The Balaban J connectivity index is 1.93. The SMILES string of the molecule is CCN(CCNS(C)(=O)=O)c1ccc(NC(=O)OCC(=O)C2(C)CCCCC2=O)c(C)c1. The van der Waals surface area contributed by atoms with E-state index in [-0.39, 0.29) is 18.1 Å². The number of anilines is 2. The molecule has 2 rings (SSSR count). The van der Waals surface area contributed by atoms with E-state index in [4.69, 9.17) is 4.74 Å². The minimum Gasteiger partial charge on any atom is -0.441 e. The number of benzene rings is 1. The lowest BCUT2D eigenvalue weighted by Gasteiger charge is -2.30. The first-order valence-electron chi connectivity index (χ1n) is 10.8. The van der Waals surface area contributed by atoms with Gasteiger partial charge in [-0.2, -0.15) is 0 Å². The summed E-state index contributed by atoms with van der Waals surface area (Å²) >= 11 is 0. The number of sulfonamides is 1. The van der Waals surface area contributed by atoms with Crippen LogP contribution < -0.4 is 14.9 Å². The standard InChI is InChI=1S/C22H33N3O6S/c1-5-25(13-12-23-32(4,29)30)17-9-10-18(16(2)14-17)24-21(28)31-15-20(27)22(3)11-7-6-8-19(22)26/h9-10,14,23H,5-8,11-13,15H2,1-4H3,(H,24,28). The smallest absolute Gasteiger partial charge is 0.412 e. The average molecular weight is 468 g/mol. The third kappa shape index (κ3) is 7.03. The van der Waals surface area contributed by atoms with Gasteiger partial charge in [-0.25, -0.2) is 17.9 Å². The van der Waals surface area contributed by atoms with Crippen molar-refractivity contribution in [2.75, 3.05) is 42.7 Å². The molecule has 1 aliphatic rings. The fourth-order valence-corrected chi connectivity index (χ4v) is 4.19. The largest absolute Gasteiger partial charge is 0.441 e. The molecule has 1 aromatic rings. The van der Waals surface area contributed by atoms with Gasteiger partial charge in [-0.1, -0.05) is 6.42 Å². The number of ether oxygens (including phenoxy) is 1. The van der Waals surface area contributed by atoms with Gasteiger partial charge in [-0.15, -0.1) is 0 Å². The van der Waals surface area contributed by atoms with E-state index in [0.717, 1.165) is 30.3 Å². The van der Waals surface area contributed by atoms with Crippen LogP contribution in [0.4, 0.5) is 16.2 Å². The Morgan fingerprint density at radius 1 is 1.25 bits per heavy atom. The van der Waals surface area contributed by atoms with E-state index >= 15 is 0 Å². The molecule has 0 heterocycles. The first-order chi connectivity index (χ1) is 15.0. The minimum atomic E-state index is -3.25. The predicted molar refractivity (Wildman–Crippen MR) is 123 cm³/mol. The van der Waals surface area contributed by atoms with Crippen LogP contribution >= 0.6 is 0 Å². The number of hydrogen-bond acceptors (Lipinski definition) is 7. The van der Waals surface area contributed by atoms with Gasteiger partial charge in [0.05, 0.1) is 11.7 Å². The second kappa shape index (κ2) is 10.9. The second-order valence-corrected chi connectivity index (χ2v) is 10.2. The fraction of sp³-hybridized carbons (Fsp3) is 0.591. The molecule has 1 aliphatic carbocycles. The highest BCUT2D eigenvalue weighted by atomic mass is 32.2. The van der Waals surface area contributed by atoms with Gasteiger partial charge in [-0.05, 0) is 57.4 Å². The summed E-state index contributed by atoms with van der Waals surface area (Å²) in [5.74, 6) is -0.456. The number of nitrogens with zero attached hydrogens (tertiary/aromatic N) is 1. The molecular formula is C22H33N3O6S. The van der Waals surface area contributed by atoms with Gasteiger partial charge in [-0.3, -0.25) is 14.9 Å². The zero-order chi connectivity index (χ0) is 23.9. The Labute approximate surface area is 189 Å². The lowest BCUT2D eigenvalue weighted by molar-refractivity contribution is -0.143. The first-order valence-corrected chi connectivity index (χ1v) is 12.7. The number of ketones is 2. The van der Waals surface area contributed by atoms with Crippen LogP contribution in [-0.2, 0) is 24.3 Å². The number of hydrogen-bond donors (Lipinski definition) is 2. The minimum absolute atomic E-state index is 0.0867. The van der Waals surface area contributed by atoms with Crippen LogP contribution in [0.1, 0.15) is 45.1 Å². The van der Waals surface area contributed by atoms with Crippen molar-refractivity contribution >= 4 is 39.1 Å². The average Bonchev–Trinajstić information content (AvgIpc) is 2.72. The monoisotopic (exact) mass is 467 g/mol. The molecule has 1 amide bonds. The van der Waals surface area contributed by atoms with Crippen molar-refractivity contribution in [2.24, 2.45) is 5.41 Å². The summed E-state index contributed by atoms with van der Waals surface area (Å²) in [6, 6.07) is 5.43. The topological polar surface area (TPSA) is 122 Å². The molecule has 0 aliphatic heterocycles. The van der Waals surface area contributed by atoms with Gasteiger partial charge in [0.25, 0.3) is 0 Å². The number of nitrogens with one attached hydrogen (secondary N) is 2. The van der Waals surface area contributed by atoms with Gasteiger partial charge in [0, 0.05) is 37.4 Å². The molecule has 0 bridgehead atoms. The zero-order valence-electron chi connectivity index (χ0n) is 19.2. The van der Waals surface area contributed by atoms with Crippen LogP contribution in [0.3, 0.4) is 0 Å². The van der Waals surface area contributed by atoms with Crippen LogP contribution in [0, 0.1) is 12.3 Å². The summed E-state index contributed by atoms with van der Waals surface area (Å²) < 4.78 is 30.0. The van der Waals surface area contributed by atoms with E-state index in [1.165, 1.54) is 0 Å². The van der Waals surface area contributed by atoms with Crippen molar-refractivity contribution in [1.29, 1.82) is 0 Å². The molecule has 1 fully saturated rings. The highest BCUT2D eigenvalue weighted by Crippen LogP contribution is 2.33. The van der Waals surface area contributed by atoms with E-state index in [9.17, 15) is 22.8 Å². The van der Waals surface area contributed by atoms with Crippen molar-refractivity contribution < 1.29 is 27.5 Å². The maximum atomic E-state index is 12.5. The Bertz CT molecular complexity index is 962. The van der Waals surface area contributed by atoms with E-state index in [0.29, 0.717) is 31.6 Å². The number of carbonyl (C=O) groups excluding carboxylic acids is 3. The molecule has 1 atom stereocenters. The molecule has 0 radical (unpaired) electrons. The van der Waals surface area contributed by atoms with E-state index in [2.05, 4.69) is 10.0 Å². The molecule has 2 N–H and O–H groups in total. The molecule has 32 heavy (non-hydrogen) atoms. The van der Waals surface area contributed by atoms with Crippen molar-refractivity contribution in [3.63, 3.8) is 0 Å². The molecule has 1 saturated carbocycles. The zero-order valence-corrected chi connectivity index (χ0v) is 20.0. The molecular weight excluding hydrogens is 434 g/mol. The summed E-state index contributed by atoms with van der Waals surface area (Å²) in [6.07, 6.45) is 2.84. The number of amides is 1. The second-order valence-electron chi connectivity index (χ2n) is 8.33. The third-order valence-corrected chi connectivity index (χ3v) is 6.56. The molecule has 0 saturated heterocycles. The number of rotatable bonds is 10. The summed E-state index contributed by atoms with van der Waals surface area (Å²) in [5, 5.41) is 2.63. The highest BCUT2D eigenvalue weighted by Gasteiger charge is 2.42. The number of likely N-dealkylation sites (N-methyl/N-ethyl adjacent to an activating group) is 1. The summed E-state index contributed by atoms with van der Waals surface area (Å²) in [4.78, 5) is 38.8. The van der Waals surface area contributed by atoms with Crippen molar-refractivity contribution in [1.82, 2.24) is 4.72 Å². The van der Waals surface area contributed by atoms with Crippen LogP contribution in [0.5, 0.6) is 0 Å². The first kappa shape index (κ1) is 25.8. The Morgan fingerprint density at radius 2 is 1.97 bits per heavy atom. The molecule has 178 valence electrons. The molecule has 1 unspecified atom stereocenters. The molecule has 0 spiro atoms. The van der Waals surface area contributed by atoms with Gasteiger partial charge in [0.15, 0.2) is 12.4 Å².